The molecule has 4 heteroatoms. The maximum atomic E-state index is 12.2. The number of nitriles is 1. The number of hydrogen-bond acceptors (Lipinski definition) is 2. The quantitative estimate of drug-likeness (QED) is 0.842. The zero-order chi connectivity index (χ0) is 15.9. The van der Waals surface area contributed by atoms with E-state index in [1.54, 1.807) is 24.1 Å². The van der Waals surface area contributed by atoms with Gasteiger partial charge in [-0.05, 0) is 41.8 Å². The van der Waals surface area contributed by atoms with E-state index in [1.165, 1.54) is 0 Å². The van der Waals surface area contributed by atoms with Crippen LogP contribution in [0.5, 0.6) is 0 Å². The van der Waals surface area contributed by atoms with E-state index in [0.29, 0.717) is 30.0 Å². The molecule has 0 spiro atoms. The van der Waals surface area contributed by atoms with Crippen LogP contribution in [0.15, 0.2) is 48.5 Å². The molecule has 2 rings (SSSR count). The first-order chi connectivity index (χ1) is 10.6. The highest BCUT2D eigenvalue weighted by atomic mass is 35.5. The zero-order valence-corrected chi connectivity index (χ0v) is 13.2. The lowest BCUT2D eigenvalue weighted by Crippen LogP contribution is -2.26. The first-order valence-corrected chi connectivity index (χ1v) is 7.44. The van der Waals surface area contributed by atoms with E-state index in [2.05, 4.69) is 6.07 Å². The lowest BCUT2D eigenvalue weighted by atomic mass is 10.1. The topological polar surface area (TPSA) is 44.1 Å². The van der Waals surface area contributed by atoms with Gasteiger partial charge in [-0.15, -0.1) is 0 Å². The van der Waals surface area contributed by atoms with Crippen LogP contribution in [0.25, 0.3) is 0 Å². The van der Waals surface area contributed by atoms with Gasteiger partial charge in [-0.2, -0.15) is 5.26 Å². The molecule has 0 heterocycles. The predicted molar refractivity (Wildman–Crippen MR) is 87.4 cm³/mol. The van der Waals surface area contributed by atoms with E-state index in [4.69, 9.17) is 16.9 Å². The van der Waals surface area contributed by atoms with E-state index >= 15 is 0 Å². The highest BCUT2D eigenvalue weighted by Crippen LogP contribution is 2.13. The molecule has 1 amide bonds. The number of aryl methyl sites for hydroxylation is 1. The molecule has 2 aromatic rings. The second kappa shape index (κ2) is 7.63. The average molecular weight is 313 g/mol. The number of nitrogens with zero attached hydrogens (tertiary/aromatic N) is 2. The van der Waals surface area contributed by atoms with Crippen molar-refractivity contribution < 1.29 is 4.79 Å². The second-order valence-electron chi connectivity index (χ2n) is 5.19. The molecule has 22 heavy (non-hydrogen) atoms. The number of hydrogen-bond donors (Lipinski definition) is 0. The monoisotopic (exact) mass is 312 g/mol. The largest absolute Gasteiger partial charge is 0.341 e. The van der Waals surface area contributed by atoms with E-state index in [1.807, 2.05) is 36.4 Å². The summed E-state index contributed by atoms with van der Waals surface area (Å²) in [4.78, 5) is 13.9. The van der Waals surface area contributed by atoms with Crippen LogP contribution >= 0.6 is 11.6 Å². The van der Waals surface area contributed by atoms with Crippen molar-refractivity contribution in [1.82, 2.24) is 4.90 Å². The zero-order valence-electron chi connectivity index (χ0n) is 12.4. The van der Waals surface area contributed by atoms with Gasteiger partial charge in [0, 0.05) is 25.0 Å². The normalized spacial score (nSPS) is 10.0. The highest BCUT2D eigenvalue weighted by molar-refractivity contribution is 6.30. The Kier molecular flexibility index (Phi) is 5.57. The van der Waals surface area contributed by atoms with Crippen LogP contribution in [0.1, 0.15) is 23.1 Å². The maximum absolute atomic E-state index is 12.2. The van der Waals surface area contributed by atoms with Crippen LogP contribution in [-0.4, -0.2) is 17.9 Å². The van der Waals surface area contributed by atoms with Crippen molar-refractivity contribution in [1.29, 1.82) is 5.26 Å². The molecule has 0 atom stereocenters. The van der Waals surface area contributed by atoms with Gasteiger partial charge in [0.1, 0.15) is 0 Å². The minimum absolute atomic E-state index is 0.0873. The van der Waals surface area contributed by atoms with Crippen LogP contribution < -0.4 is 0 Å². The van der Waals surface area contributed by atoms with Crippen LogP contribution in [0.3, 0.4) is 0 Å². The van der Waals surface area contributed by atoms with Gasteiger partial charge in [0.25, 0.3) is 0 Å². The van der Waals surface area contributed by atoms with Gasteiger partial charge in [-0.25, -0.2) is 0 Å². The number of carbonyl (C=O) groups is 1. The number of rotatable bonds is 5. The van der Waals surface area contributed by atoms with Gasteiger partial charge < -0.3 is 4.90 Å². The Morgan fingerprint density at radius 1 is 1.18 bits per heavy atom. The van der Waals surface area contributed by atoms with Gasteiger partial charge in [0.2, 0.25) is 5.91 Å². The summed E-state index contributed by atoms with van der Waals surface area (Å²) in [7, 11) is 1.79. The molecular formula is C18H17ClN2O. The third-order valence-corrected chi connectivity index (χ3v) is 3.68. The van der Waals surface area contributed by atoms with Gasteiger partial charge >= 0.3 is 0 Å². The maximum Gasteiger partial charge on any atom is 0.222 e. The van der Waals surface area contributed by atoms with Crippen LogP contribution in [-0.2, 0) is 17.8 Å². The molecule has 0 aliphatic heterocycles. The Morgan fingerprint density at radius 3 is 2.55 bits per heavy atom. The summed E-state index contributed by atoms with van der Waals surface area (Å²) in [5, 5.41) is 9.46. The number of amides is 1. The standard InChI is InChI=1S/C18H17ClN2O/c1-21(13-16-7-5-15(12-20)6-8-16)18(22)10-9-14-3-2-4-17(19)11-14/h2-8,11H,9-10,13H2,1H3. The average Bonchev–Trinajstić information content (AvgIpc) is 2.53. The van der Waals surface area contributed by atoms with Crippen molar-refractivity contribution in [3.8, 4) is 6.07 Å². The van der Waals surface area contributed by atoms with Crippen molar-refractivity contribution in [2.24, 2.45) is 0 Å². The van der Waals surface area contributed by atoms with E-state index in [0.717, 1.165) is 11.1 Å². The Bertz CT molecular complexity index is 689. The Balaban J connectivity index is 1.87. The van der Waals surface area contributed by atoms with Gasteiger partial charge in [-0.1, -0.05) is 35.9 Å². The van der Waals surface area contributed by atoms with Crippen molar-refractivity contribution in [2.75, 3.05) is 7.05 Å². The Labute approximate surface area is 135 Å². The SMILES string of the molecule is CN(Cc1ccc(C#N)cc1)C(=O)CCc1cccc(Cl)c1. The van der Waals surface area contributed by atoms with Crippen molar-refractivity contribution >= 4 is 17.5 Å². The van der Waals surface area contributed by atoms with Crippen molar-refractivity contribution in [3.05, 3.63) is 70.2 Å². The van der Waals surface area contributed by atoms with Gasteiger partial charge in [0.05, 0.1) is 11.6 Å². The van der Waals surface area contributed by atoms with E-state index < -0.39 is 0 Å². The van der Waals surface area contributed by atoms with Crippen molar-refractivity contribution in [2.45, 2.75) is 19.4 Å². The molecule has 0 aromatic heterocycles. The lowest BCUT2D eigenvalue weighted by Gasteiger charge is -2.17. The first kappa shape index (κ1) is 16.1. The van der Waals surface area contributed by atoms with E-state index in [9.17, 15) is 4.79 Å². The molecule has 3 nitrogen and oxygen atoms in total. The Hall–Kier alpha value is -2.31. The number of benzene rings is 2. The van der Waals surface area contributed by atoms with Gasteiger partial charge in [0.15, 0.2) is 0 Å². The molecular weight excluding hydrogens is 296 g/mol. The summed E-state index contributed by atoms with van der Waals surface area (Å²) in [5.74, 6) is 0.0873. The molecule has 112 valence electrons. The molecule has 0 aliphatic carbocycles. The summed E-state index contributed by atoms with van der Waals surface area (Å²) in [5.41, 5.74) is 2.70. The number of carbonyl (C=O) groups excluding carboxylic acids is 1. The molecule has 0 fully saturated rings. The fraction of sp³-hybridized carbons (Fsp3) is 0.222. The predicted octanol–water partition coefficient (Wildman–Crippen LogP) is 3.80. The fourth-order valence-corrected chi connectivity index (χ4v) is 2.39. The highest BCUT2D eigenvalue weighted by Gasteiger charge is 2.09. The summed E-state index contributed by atoms with van der Waals surface area (Å²) in [6.45, 7) is 0.542. The summed E-state index contributed by atoms with van der Waals surface area (Å²) in [6.07, 6.45) is 1.13. The molecule has 0 saturated heterocycles. The van der Waals surface area contributed by atoms with Crippen LogP contribution in [0.2, 0.25) is 5.02 Å². The third-order valence-electron chi connectivity index (χ3n) is 3.45. The second-order valence-corrected chi connectivity index (χ2v) is 5.62. The molecule has 0 unspecified atom stereocenters. The Morgan fingerprint density at radius 2 is 1.91 bits per heavy atom. The fourth-order valence-electron chi connectivity index (χ4n) is 2.18. The minimum Gasteiger partial charge on any atom is -0.341 e. The number of halogens is 1. The van der Waals surface area contributed by atoms with Crippen molar-refractivity contribution in [3.63, 3.8) is 0 Å². The smallest absolute Gasteiger partial charge is 0.222 e. The first-order valence-electron chi connectivity index (χ1n) is 7.06. The van der Waals surface area contributed by atoms with Crippen LogP contribution in [0, 0.1) is 11.3 Å². The molecule has 2 aromatic carbocycles. The minimum atomic E-state index is 0.0873. The molecule has 0 radical (unpaired) electrons. The van der Waals surface area contributed by atoms with Crippen LogP contribution in [0.4, 0.5) is 0 Å². The summed E-state index contributed by atoms with van der Waals surface area (Å²) >= 11 is 5.94. The van der Waals surface area contributed by atoms with E-state index in [-0.39, 0.29) is 5.91 Å². The third kappa shape index (κ3) is 4.61. The molecule has 0 N–H and O–H groups in total. The molecule has 0 aliphatic rings. The molecule has 0 saturated carbocycles. The lowest BCUT2D eigenvalue weighted by molar-refractivity contribution is -0.130. The molecule has 0 bridgehead atoms. The van der Waals surface area contributed by atoms with Gasteiger partial charge in [-0.3, -0.25) is 4.79 Å². The summed E-state index contributed by atoms with van der Waals surface area (Å²) < 4.78 is 0. The summed E-state index contributed by atoms with van der Waals surface area (Å²) in [6, 6.07) is 16.9.